The van der Waals surface area contributed by atoms with Gasteiger partial charge in [-0.05, 0) is 36.5 Å². The van der Waals surface area contributed by atoms with Crippen LogP contribution >= 0.6 is 0 Å². The molecule has 4 aliphatic heterocycles. The van der Waals surface area contributed by atoms with E-state index < -0.39 is 10.0 Å². The minimum Gasteiger partial charge on any atom is -0.378 e. The predicted molar refractivity (Wildman–Crippen MR) is 103 cm³/mol. The summed E-state index contributed by atoms with van der Waals surface area (Å²) < 4.78 is 31.2. The maximum absolute atomic E-state index is 12.0. The van der Waals surface area contributed by atoms with Crippen molar-refractivity contribution in [2.75, 3.05) is 57.1 Å². The highest BCUT2D eigenvalue weighted by Crippen LogP contribution is 2.30. The topological polar surface area (TPSA) is 53.1 Å². The zero-order chi connectivity index (χ0) is 18.1. The first-order valence-electron chi connectivity index (χ1n) is 9.60. The highest BCUT2D eigenvalue weighted by Gasteiger charge is 2.37. The molecule has 0 spiro atoms. The Morgan fingerprint density at radius 1 is 1.12 bits per heavy atom. The number of nitrogens with zero attached hydrogens (tertiary/aromatic N) is 3. The van der Waals surface area contributed by atoms with Gasteiger partial charge in [0.15, 0.2) is 0 Å². The smallest absolute Gasteiger partial charge is 0.211 e. The van der Waals surface area contributed by atoms with E-state index in [1.54, 1.807) is 4.31 Å². The molecule has 4 fully saturated rings. The van der Waals surface area contributed by atoms with Gasteiger partial charge in [-0.25, -0.2) is 12.7 Å². The van der Waals surface area contributed by atoms with Gasteiger partial charge in [0.2, 0.25) is 10.0 Å². The molecule has 1 aromatic rings. The first-order valence-corrected chi connectivity index (χ1v) is 11.4. The molecule has 4 saturated heterocycles. The molecule has 0 radical (unpaired) electrons. The molecule has 7 heteroatoms. The van der Waals surface area contributed by atoms with Crippen LogP contribution in [0, 0.1) is 5.92 Å². The van der Waals surface area contributed by atoms with Crippen LogP contribution in [0.15, 0.2) is 24.3 Å². The molecule has 0 aliphatic carbocycles. The second kappa shape index (κ2) is 7.46. The maximum Gasteiger partial charge on any atom is 0.211 e. The summed E-state index contributed by atoms with van der Waals surface area (Å²) in [5.41, 5.74) is 2.58. The van der Waals surface area contributed by atoms with Crippen LogP contribution in [-0.4, -0.2) is 75.9 Å². The zero-order valence-corrected chi connectivity index (χ0v) is 16.3. The van der Waals surface area contributed by atoms with Crippen LogP contribution in [0.4, 0.5) is 5.69 Å². The standard InChI is InChI=1S/C19H29N3O3S/c1-26(23,24)22-14-17-5-6-19(15-22)21(13-17)12-16-3-2-4-18(11-16)20-7-9-25-10-8-20/h2-4,11,17,19H,5-10,12-15H2,1H3/t17-,19-/m0/s1. The molecular formula is C19H29N3O3S. The summed E-state index contributed by atoms with van der Waals surface area (Å²) in [7, 11) is -3.10. The summed E-state index contributed by atoms with van der Waals surface area (Å²) >= 11 is 0. The van der Waals surface area contributed by atoms with Crippen LogP contribution in [-0.2, 0) is 21.3 Å². The Kier molecular flexibility index (Phi) is 5.23. The number of piperidine rings is 1. The van der Waals surface area contributed by atoms with Crippen LogP contribution in [0.25, 0.3) is 0 Å². The van der Waals surface area contributed by atoms with Crippen molar-refractivity contribution >= 4 is 15.7 Å². The van der Waals surface area contributed by atoms with Gasteiger partial charge in [0.25, 0.3) is 0 Å². The lowest BCUT2D eigenvalue weighted by atomic mass is 9.94. The first-order chi connectivity index (χ1) is 12.5. The molecule has 1 aromatic carbocycles. The van der Waals surface area contributed by atoms with Crippen LogP contribution in [0.1, 0.15) is 18.4 Å². The number of hydrogen-bond acceptors (Lipinski definition) is 5. The summed E-state index contributed by atoms with van der Waals surface area (Å²) in [5, 5.41) is 0. The number of hydrogen-bond donors (Lipinski definition) is 0. The molecular weight excluding hydrogens is 350 g/mol. The van der Waals surface area contributed by atoms with Gasteiger partial charge in [-0.15, -0.1) is 0 Å². The van der Waals surface area contributed by atoms with E-state index in [0.29, 0.717) is 25.0 Å². The molecule has 26 heavy (non-hydrogen) atoms. The number of fused-ring (bicyclic) bond motifs is 4. The Balaban J connectivity index is 1.47. The van der Waals surface area contributed by atoms with E-state index in [0.717, 1.165) is 52.2 Å². The highest BCUT2D eigenvalue weighted by atomic mass is 32.2. The van der Waals surface area contributed by atoms with Crippen LogP contribution in [0.5, 0.6) is 0 Å². The third kappa shape index (κ3) is 4.06. The lowest BCUT2D eigenvalue weighted by Crippen LogP contribution is -2.43. The van der Waals surface area contributed by atoms with Crippen LogP contribution in [0.3, 0.4) is 0 Å². The minimum atomic E-state index is -3.10. The third-order valence-corrected chi connectivity index (χ3v) is 7.17. The van der Waals surface area contributed by atoms with E-state index in [9.17, 15) is 8.42 Å². The predicted octanol–water partition coefficient (Wildman–Crippen LogP) is 1.38. The van der Waals surface area contributed by atoms with E-state index in [-0.39, 0.29) is 0 Å². The lowest BCUT2D eigenvalue weighted by Gasteiger charge is -2.36. The molecule has 0 amide bonds. The normalized spacial score (nSPS) is 28.3. The van der Waals surface area contributed by atoms with Gasteiger partial charge in [-0.3, -0.25) is 4.90 Å². The van der Waals surface area contributed by atoms with Gasteiger partial charge >= 0.3 is 0 Å². The fourth-order valence-corrected chi connectivity index (χ4v) is 5.43. The number of anilines is 1. The SMILES string of the molecule is CS(=O)(=O)N1C[C@H]2CC[C@@H](C1)N(Cc1cccc(N3CCOCC3)c1)C2. The summed E-state index contributed by atoms with van der Waals surface area (Å²) in [4.78, 5) is 4.88. The molecule has 0 unspecified atom stereocenters. The second-order valence-electron chi connectivity index (χ2n) is 7.88. The zero-order valence-electron chi connectivity index (χ0n) is 15.5. The van der Waals surface area contributed by atoms with Crippen molar-refractivity contribution < 1.29 is 13.2 Å². The summed E-state index contributed by atoms with van der Waals surface area (Å²) in [6.45, 7) is 6.69. The Bertz CT molecular complexity index is 733. The first kappa shape index (κ1) is 18.2. The van der Waals surface area contributed by atoms with Crippen LogP contribution in [0.2, 0.25) is 0 Å². The van der Waals surface area contributed by atoms with Crippen molar-refractivity contribution in [3.05, 3.63) is 29.8 Å². The molecule has 4 heterocycles. The highest BCUT2D eigenvalue weighted by molar-refractivity contribution is 7.88. The third-order valence-electron chi connectivity index (χ3n) is 5.93. The molecule has 2 bridgehead atoms. The van der Waals surface area contributed by atoms with Gasteiger partial charge in [0.1, 0.15) is 0 Å². The quantitative estimate of drug-likeness (QED) is 0.791. The van der Waals surface area contributed by atoms with Crippen molar-refractivity contribution in [1.82, 2.24) is 9.21 Å². The molecule has 4 aliphatic rings. The largest absolute Gasteiger partial charge is 0.378 e. The Hall–Kier alpha value is -1.15. The minimum absolute atomic E-state index is 0.329. The molecule has 2 atom stereocenters. The summed E-state index contributed by atoms with van der Waals surface area (Å²) in [6, 6.07) is 9.12. The van der Waals surface area contributed by atoms with Gasteiger partial charge in [0.05, 0.1) is 19.5 Å². The summed E-state index contributed by atoms with van der Waals surface area (Å²) in [5.74, 6) is 0.450. The lowest BCUT2D eigenvalue weighted by molar-refractivity contribution is 0.122. The average molecular weight is 380 g/mol. The van der Waals surface area contributed by atoms with E-state index >= 15 is 0 Å². The van der Waals surface area contributed by atoms with E-state index in [1.165, 1.54) is 17.5 Å². The maximum atomic E-state index is 12.0. The Labute approximate surface area is 156 Å². The number of morpholine rings is 1. The molecule has 6 nitrogen and oxygen atoms in total. The molecule has 5 rings (SSSR count). The van der Waals surface area contributed by atoms with Crippen molar-refractivity contribution in [1.29, 1.82) is 0 Å². The van der Waals surface area contributed by atoms with Gasteiger partial charge < -0.3 is 9.64 Å². The number of sulfonamides is 1. The molecule has 0 saturated carbocycles. The van der Waals surface area contributed by atoms with Gasteiger partial charge in [0, 0.05) is 51.0 Å². The van der Waals surface area contributed by atoms with E-state index in [4.69, 9.17) is 4.74 Å². The number of benzene rings is 1. The van der Waals surface area contributed by atoms with E-state index in [1.807, 2.05) is 0 Å². The monoisotopic (exact) mass is 379 g/mol. The second-order valence-corrected chi connectivity index (χ2v) is 9.86. The molecule has 144 valence electrons. The van der Waals surface area contributed by atoms with Crippen molar-refractivity contribution in [2.45, 2.75) is 25.4 Å². The van der Waals surface area contributed by atoms with Crippen molar-refractivity contribution in [3.63, 3.8) is 0 Å². The number of rotatable bonds is 4. The van der Waals surface area contributed by atoms with Crippen LogP contribution < -0.4 is 4.90 Å². The van der Waals surface area contributed by atoms with Gasteiger partial charge in [-0.1, -0.05) is 12.1 Å². The number of ether oxygens (including phenoxy) is 1. The molecule has 0 aromatic heterocycles. The average Bonchev–Trinajstić information content (AvgIpc) is 2.95. The van der Waals surface area contributed by atoms with Crippen molar-refractivity contribution in [3.8, 4) is 0 Å². The van der Waals surface area contributed by atoms with E-state index in [2.05, 4.69) is 34.1 Å². The molecule has 0 N–H and O–H groups in total. The fraction of sp³-hybridized carbons (Fsp3) is 0.684. The Morgan fingerprint density at radius 2 is 1.92 bits per heavy atom. The fourth-order valence-electron chi connectivity index (χ4n) is 4.51. The van der Waals surface area contributed by atoms with Crippen molar-refractivity contribution in [2.24, 2.45) is 5.92 Å². The Morgan fingerprint density at radius 3 is 2.69 bits per heavy atom. The summed E-state index contributed by atoms with van der Waals surface area (Å²) in [6.07, 6.45) is 3.58. The van der Waals surface area contributed by atoms with Gasteiger partial charge in [-0.2, -0.15) is 0 Å².